The third kappa shape index (κ3) is 7.55. The number of unbranched alkanes of at least 4 members (excludes halogenated alkanes) is 6. The van der Waals surface area contributed by atoms with Crippen LogP contribution in [0.2, 0.25) is 0 Å². The van der Waals surface area contributed by atoms with Gasteiger partial charge in [0, 0.05) is 28.7 Å². The van der Waals surface area contributed by atoms with E-state index in [0.717, 1.165) is 69.8 Å². The van der Waals surface area contributed by atoms with Gasteiger partial charge in [0.05, 0.1) is 6.10 Å². The number of hydrogen-bond acceptors (Lipinski definition) is 3. The van der Waals surface area contributed by atoms with E-state index in [2.05, 4.69) is 19.6 Å². The van der Waals surface area contributed by atoms with Gasteiger partial charge < -0.3 is 10.2 Å². The maximum Gasteiger partial charge on any atom is 0.460 e. The molecule has 0 saturated heterocycles. The number of hydrogen-bond donors (Lipinski definition) is 2. The zero-order chi connectivity index (χ0) is 35.0. The van der Waals surface area contributed by atoms with Crippen molar-refractivity contribution in [2.45, 2.75) is 126 Å². The van der Waals surface area contributed by atoms with Gasteiger partial charge in [0.15, 0.2) is 0 Å². The van der Waals surface area contributed by atoms with Crippen LogP contribution in [0.4, 0.5) is 39.5 Å². The lowest BCUT2D eigenvalue weighted by molar-refractivity contribution is -0.396. The number of aromatic hydroxyl groups is 1. The van der Waals surface area contributed by atoms with Crippen LogP contribution in [-0.2, 0) is 17.2 Å². The minimum absolute atomic E-state index is 0.0787. The molecule has 4 rings (SSSR count). The van der Waals surface area contributed by atoms with Crippen molar-refractivity contribution < 1.29 is 53.9 Å². The summed E-state index contributed by atoms with van der Waals surface area (Å²) in [4.78, 5) is 0. The molecule has 2 saturated carbocycles. The van der Waals surface area contributed by atoms with Crippen molar-refractivity contribution >= 4 is 10.8 Å². The minimum Gasteiger partial charge on any atom is -0.508 e. The van der Waals surface area contributed by atoms with Crippen LogP contribution in [0.1, 0.15) is 101 Å². The molecule has 7 atom stereocenters. The quantitative estimate of drug-likeness (QED) is 0.109. The van der Waals surface area contributed by atoms with Crippen LogP contribution >= 0.6 is 0 Å². The first-order valence-electron chi connectivity index (χ1n) is 16.5. The Labute approximate surface area is 272 Å². The number of aliphatic hydroxyl groups excluding tert-OH is 1. The lowest BCUT2D eigenvalue weighted by Gasteiger charge is -2.52. The van der Waals surface area contributed by atoms with E-state index in [1.165, 1.54) is 11.1 Å². The summed E-state index contributed by atoms with van der Waals surface area (Å²) in [5.74, 6) is -18.7. The lowest BCUT2D eigenvalue weighted by atomic mass is 9.52. The molecule has 268 valence electrons. The Morgan fingerprint density at radius 3 is 2.17 bits per heavy atom. The molecule has 0 spiro atoms. The van der Waals surface area contributed by atoms with Crippen LogP contribution < -0.4 is 0 Å². The molecule has 0 bridgehead atoms. The van der Waals surface area contributed by atoms with E-state index in [-0.39, 0.29) is 16.9 Å². The first-order chi connectivity index (χ1) is 21.7. The van der Waals surface area contributed by atoms with Gasteiger partial charge in [0.1, 0.15) is 5.75 Å². The second-order valence-corrected chi connectivity index (χ2v) is 15.8. The number of halogens is 9. The zero-order valence-electron chi connectivity index (χ0n) is 26.5. The van der Waals surface area contributed by atoms with E-state index < -0.39 is 53.0 Å². The van der Waals surface area contributed by atoms with Gasteiger partial charge in [-0.05, 0) is 96.4 Å². The monoisotopic (exact) mass is 704 g/mol. The highest BCUT2D eigenvalue weighted by Crippen LogP contribution is 2.64. The molecule has 3 aliphatic rings. The Kier molecular flexibility index (Phi) is 11.5. The highest BCUT2D eigenvalue weighted by molar-refractivity contribution is 7.84. The third-order valence-corrected chi connectivity index (χ3v) is 12.6. The Balaban J connectivity index is 1.18. The highest BCUT2D eigenvalue weighted by atomic mass is 32.2. The second-order valence-electron chi connectivity index (χ2n) is 14.1. The van der Waals surface area contributed by atoms with Gasteiger partial charge in [-0.2, -0.15) is 39.5 Å². The third-order valence-electron chi connectivity index (χ3n) is 11.2. The topological polar surface area (TPSA) is 57.5 Å². The summed E-state index contributed by atoms with van der Waals surface area (Å²) in [5, 5.41) is 20.9. The fraction of sp³-hybridized carbons (Fsp3) is 0.765. The molecule has 3 aliphatic carbocycles. The molecule has 47 heavy (non-hydrogen) atoms. The summed E-state index contributed by atoms with van der Waals surface area (Å²) in [7, 11) is -2.07. The molecule has 0 aromatic heterocycles. The van der Waals surface area contributed by atoms with Crippen molar-refractivity contribution in [3.8, 4) is 5.75 Å². The van der Waals surface area contributed by atoms with Gasteiger partial charge in [-0.15, -0.1) is 0 Å². The smallest absolute Gasteiger partial charge is 0.460 e. The van der Waals surface area contributed by atoms with Crippen LogP contribution in [0.25, 0.3) is 0 Å². The summed E-state index contributed by atoms with van der Waals surface area (Å²) in [5.41, 5.74) is 3.38. The van der Waals surface area contributed by atoms with Crippen LogP contribution in [0.5, 0.6) is 5.75 Å². The molecule has 13 heteroatoms. The van der Waals surface area contributed by atoms with Gasteiger partial charge in [-0.25, -0.2) is 0 Å². The van der Waals surface area contributed by atoms with Crippen molar-refractivity contribution in [1.29, 1.82) is 0 Å². The second kappa shape index (κ2) is 14.2. The van der Waals surface area contributed by atoms with E-state index >= 15 is 0 Å². The maximum atomic E-state index is 13.7. The van der Waals surface area contributed by atoms with Crippen LogP contribution in [0.15, 0.2) is 30.4 Å². The molecular formula is C34H45F9O3S. The fourth-order valence-electron chi connectivity index (χ4n) is 8.44. The molecule has 1 aromatic rings. The van der Waals surface area contributed by atoms with Gasteiger partial charge in [-0.3, -0.25) is 4.21 Å². The van der Waals surface area contributed by atoms with Crippen LogP contribution in [-0.4, -0.2) is 56.0 Å². The van der Waals surface area contributed by atoms with Gasteiger partial charge in [-0.1, -0.05) is 58.1 Å². The normalized spacial score (nSPS) is 28.9. The largest absolute Gasteiger partial charge is 0.508 e. The van der Waals surface area contributed by atoms with Crippen molar-refractivity contribution in [1.82, 2.24) is 0 Å². The Morgan fingerprint density at radius 2 is 1.53 bits per heavy atom. The number of alkyl halides is 9. The molecule has 2 N–H and O–H groups in total. The first-order valence-corrected chi connectivity index (χ1v) is 18.0. The number of phenolic OH excluding ortho intramolecular Hbond substituents is 1. The summed E-state index contributed by atoms with van der Waals surface area (Å²) in [6.07, 6.45) is 0.691. The zero-order valence-corrected chi connectivity index (χ0v) is 27.4. The number of fused-ring (bicyclic) bond motifs is 5. The summed E-state index contributed by atoms with van der Waals surface area (Å²) in [6, 6.07) is 5.70. The van der Waals surface area contributed by atoms with Crippen molar-refractivity contribution in [2.75, 3.05) is 11.5 Å². The Bertz CT molecular complexity index is 1280. The van der Waals surface area contributed by atoms with E-state index in [1.54, 1.807) is 6.07 Å². The standard InChI is InChI=1S/C34H45F9O3S/c1-21-28(45)20-27-29-22(18-23-19-24(44)11-12-25(23)26(29)13-14-30(21,27)2)10-8-6-4-3-5-7-9-16-47(46)17-15-31(35,36)32(37,38)33(39,40)34(41,42)43/h11-12,19,22,26-29,44-45H,1,3-10,13-18,20H2,2H3/t22?,26?,27?,28-,29?,30-,47?/m1/s1. The number of rotatable bonds is 15. The molecule has 3 nitrogen and oxygen atoms in total. The predicted molar refractivity (Wildman–Crippen MR) is 162 cm³/mol. The molecule has 0 amide bonds. The molecule has 0 heterocycles. The predicted octanol–water partition coefficient (Wildman–Crippen LogP) is 9.73. The molecule has 2 fully saturated rings. The molecule has 5 unspecified atom stereocenters. The summed E-state index contributed by atoms with van der Waals surface area (Å²) < 4.78 is 129. The maximum absolute atomic E-state index is 13.7. The molecule has 0 aliphatic heterocycles. The minimum atomic E-state index is -6.92. The number of phenols is 1. The van der Waals surface area contributed by atoms with Gasteiger partial charge in [0.2, 0.25) is 0 Å². The Morgan fingerprint density at radius 1 is 0.915 bits per heavy atom. The van der Waals surface area contributed by atoms with E-state index in [4.69, 9.17) is 0 Å². The van der Waals surface area contributed by atoms with E-state index in [0.29, 0.717) is 36.5 Å². The van der Waals surface area contributed by atoms with Crippen molar-refractivity contribution in [2.24, 2.45) is 23.2 Å². The fourth-order valence-corrected chi connectivity index (χ4v) is 9.66. The Hall–Kier alpha value is -1.76. The highest BCUT2D eigenvalue weighted by Gasteiger charge is 2.81. The number of aliphatic hydroxyl groups is 1. The molecule has 1 aromatic carbocycles. The van der Waals surface area contributed by atoms with Gasteiger partial charge >= 0.3 is 23.9 Å². The first kappa shape index (κ1) is 38.0. The lowest BCUT2D eigenvalue weighted by Crippen LogP contribution is -2.61. The van der Waals surface area contributed by atoms with E-state index in [1.807, 2.05) is 6.07 Å². The van der Waals surface area contributed by atoms with Crippen LogP contribution in [0, 0.1) is 23.2 Å². The average Bonchev–Trinajstić information content (AvgIpc) is 3.21. The molecule has 0 radical (unpaired) electrons. The van der Waals surface area contributed by atoms with Crippen molar-refractivity contribution in [3.05, 3.63) is 41.5 Å². The molecular weight excluding hydrogens is 659 g/mol. The SMILES string of the molecule is C=C1[C@H](O)CC2C3C(CCCCCCCCCS(=O)CCC(F)(F)C(F)(F)C(F)(F)C(F)(F)F)Cc4cc(O)ccc4C3CC[C@]12C. The van der Waals surface area contributed by atoms with Crippen molar-refractivity contribution in [3.63, 3.8) is 0 Å². The van der Waals surface area contributed by atoms with Crippen LogP contribution in [0.3, 0.4) is 0 Å². The van der Waals surface area contributed by atoms with Gasteiger partial charge in [0.25, 0.3) is 0 Å². The summed E-state index contributed by atoms with van der Waals surface area (Å²) >= 11 is 0. The average molecular weight is 705 g/mol. The summed E-state index contributed by atoms with van der Waals surface area (Å²) in [6.45, 7) is 6.51. The number of benzene rings is 1. The van der Waals surface area contributed by atoms with E-state index in [9.17, 15) is 53.9 Å².